The van der Waals surface area contributed by atoms with Gasteiger partial charge in [0.25, 0.3) is 0 Å². The average molecular weight is 267 g/mol. The van der Waals surface area contributed by atoms with Gasteiger partial charge in [0, 0.05) is 6.08 Å². The van der Waals surface area contributed by atoms with Crippen molar-refractivity contribution in [3.8, 4) is 0 Å². The van der Waals surface area contributed by atoms with Gasteiger partial charge in [-0.1, -0.05) is 42.5 Å². The van der Waals surface area contributed by atoms with E-state index in [-0.39, 0.29) is 17.2 Å². The van der Waals surface area contributed by atoms with Crippen molar-refractivity contribution < 1.29 is 14.7 Å². The third-order valence-corrected chi connectivity index (χ3v) is 2.64. The number of hydrogen-bond donors (Lipinski definition) is 2. The molecule has 4 nitrogen and oxygen atoms in total. The maximum Gasteiger partial charge on any atom is 0.337 e. The van der Waals surface area contributed by atoms with Crippen molar-refractivity contribution in [2.75, 3.05) is 5.32 Å². The maximum absolute atomic E-state index is 11.8. The van der Waals surface area contributed by atoms with E-state index < -0.39 is 5.97 Å². The minimum atomic E-state index is -1.08. The molecule has 0 aromatic heterocycles. The van der Waals surface area contributed by atoms with E-state index in [9.17, 15) is 9.59 Å². The van der Waals surface area contributed by atoms with E-state index in [1.54, 1.807) is 24.3 Å². The normalized spacial score (nSPS) is 10.4. The first-order valence-electron chi connectivity index (χ1n) is 6.03. The molecule has 100 valence electrons. The van der Waals surface area contributed by atoms with Crippen LogP contribution in [0.15, 0.2) is 60.7 Å². The van der Waals surface area contributed by atoms with Crippen LogP contribution in [0.5, 0.6) is 0 Å². The van der Waals surface area contributed by atoms with Gasteiger partial charge in [-0.15, -0.1) is 0 Å². The van der Waals surface area contributed by atoms with Gasteiger partial charge in [0.1, 0.15) is 0 Å². The highest BCUT2D eigenvalue weighted by molar-refractivity contribution is 6.06. The van der Waals surface area contributed by atoms with Gasteiger partial charge >= 0.3 is 5.97 Å². The number of carboxylic acids is 1. The zero-order valence-corrected chi connectivity index (χ0v) is 10.6. The summed E-state index contributed by atoms with van der Waals surface area (Å²) in [5, 5.41) is 11.6. The molecule has 0 bridgehead atoms. The molecule has 2 rings (SSSR count). The van der Waals surface area contributed by atoms with E-state index in [1.807, 2.05) is 30.3 Å². The first-order chi connectivity index (χ1) is 9.66. The fourth-order valence-corrected chi connectivity index (χ4v) is 1.69. The van der Waals surface area contributed by atoms with Crippen LogP contribution in [0.4, 0.5) is 5.69 Å². The Balaban J connectivity index is 2.09. The molecule has 0 heterocycles. The number of amides is 1. The summed E-state index contributed by atoms with van der Waals surface area (Å²) in [7, 11) is 0. The summed E-state index contributed by atoms with van der Waals surface area (Å²) in [6.45, 7) is 0. The number of carboxylic acid groups (broad SMARTS) is 1. The van der Waals surface area contributed by atoms with E-state index in [4.69, 9.17) is 5.11 Å². The predicted octanol–water partition coefficient (Wildman–Crippen LogP) is 3.04. The lowest BCUT2D eigenvalue weighted by molar-refractivity contribution is -0.111. The summed E-state index contributed by atoms with van der Waals surface area (Å²) in [6.07, 6.45) is 3.03. The molecular formula is C16H13NO3. The van der Waals surface area contributed by atoms with Gasteiger partial charge in [0.15, 0.2) is 0 Å². The molecule has 0 aliphatic carbocycles. The summed E-state index contributed by atoms with van der Waals surface area (Å²) in [6, 6.07) is 15.7. The summed E-state index contributed by atoms with van der Waals surface area (Å²) >= 11 is 0. The van der Waals surface area contributed by atoms with Gasteiger partial charge in [0.2, 0.25) is 5.91 Å². The monoisotopic (exact) mass is 267 g/mol. The third-order valence-electron chi connectivity index (χ3n) is 2.64. The Kier molecular flexibility index (Phi) is 4.29. The number of carbonyl (C=O) groups excluding carboxylic acids is 1. The lowest BCUT2D eigenvalue weighted by Crippen LogP contribution is -2.11. The van der Waals surface area contributed by atoms with Crippen LogP contribution >= 0.6 is 0 Å². The number of carbonyl (C=O) groups is 2. The third kappa shape index (κ3) is 3.55. The predicted molar refractivity (Wildman–Crippen MR) is 77.5 cm³/mol. The molecule has 0 aliphatic heterocycles. The zero-order chi connectivity index (χ0) is 14.4. The molecule has 20 heavy (non-hydrogen) atoms. The Morgan fingerprint density at radius 2 is 1.60 bits per heavy atom. The second kappa shape index (κ2) is 6.33. The second-order valence-corrected chi connectivity index (χ2v) is 4.08. The Labute approximate surface area is 116 Å². The molecule has 4 heteroatoms. The van der Waals surface area contributed by atoms with Crippen molar-refractivity contribution in [1.29, 1.82) is 0 Å². The van der Waals surface area contributed by atoms with Crippen LogP contribution in [-0.4, -0.2) is 17.0 Å². The first-order valence-corrected chi connectivity index (χ1v) is 6.03. The summed E-state index contributed by atoms with van der Waals surface area (Å²) in [5.74, 6) is -1.45. The van der Waals surface area contributed by atoms with Crippen LogP contribution < -0.4 is 5.32 Å². The van der Waals surface area contributed by atoms with Crippen LogP contribution in [0.1, 0.15) is 15.9 Å². The van der Waals surface area contributed by atoms with Crippen LogP contribution in [-0.2, 0) is 4.79 Å². The fourth-order valence-electron chi connectivity index (χ4n) is 1.69. The Morgan fingerprint density at radius 1 is 0.950 bits per heavy atom. The smallest absolute Gasteiger partial charge is 0.337 e. The van der Waals surface area contributed by atoms with Gasteiger partial charge in [-0.25, -0.2) is 4.79 Å². The van der Waals surface area contributed by atoms with E-state index in [2.05, 4.69) is 5.32 Å². The summed E-state index contributed by atoms with van der Waals surface area (Å²) in [5.41, 5.74) is 1.24. The summed E-state index contributed by atoms with van der Waals surface area (Å²) in [4.78, 5) is 22.8. The Hall–Kier alpha value is -2.88. The lowest BCUT2D eigenvalue weighted by atomic mass is 10.1. The fraction of sp³-hybridized carbons (Fsp3) is 0. The van der Waals surface area contributed by atoms with Crippen molar-refractivity contribution in [2.45, 2.75) is 0 Å². The lowest BCUT2D eigenvalue weighted by Gasteiger charge is -2.05. The number of aromatic carboxylic acids is 1. The largest absolute Gasteiger partial charge is 0.478 e. The topological polar surface area (TPSA) is 66.4 Å². The standard InChI is InChI=1S/C16H13NO3/c18-15(11-10-12-6-2-1-3-7-12)17-14-9-5-4-8-13(14)16(19)20/h1-11H,(H,17,18)(H,19,20)/b11-10+. The minimum absolute atomic E-state index is 0.0639. The van der Waals surface area contributed by atoms with E-state index in [0.717, 1.165) is 5.56 Å². The van der Waals surface area contributed by atoms with Crippen LogP contribution in [0.25, 0.3) is 6.08 Å². The molecule has 2 N–H and O–H groups in total. The quantitative estimate of drug-likeness (QED) is 0.837. The number of anilines is 1. The van der Waals surface area contributed by atoms with Crippen molar-refractivity contribution in [2.24, 2.45) is 0 Å². The SMILES string of the molecule is O=C(/C=C/c1ccccc1)Nc1ccccc1C(=O)O. The summed E-state index contributed by atoms with van der Waals surface area (Å²) < 4.78 is 0. The van der Waals surface area contributed by atoms with Crippen molar-refractivity contribution in [3.63, 3.8) is 0 Å². The number of hydrogen-bond acceptors (Lipinski definition) is 2. The highest BCUT2D eigenvalue weighted by Gasteiger charge is 2.09. The van der Waals surface area contributed by atoms with Crippen LogP contribution in [0, 0.1) is 0 Å². The van der Waals surface area contributed by atoms with Crippen LogP contribution in [0.2, 0.25) is 0 Å². The molecule has 1 amide bonds. The van der Waals surface area contributed by atoms with Crippen LogP contribution in [0.3, 0.4) is 0 Å². The van der Waals surface area contributed by atoms with E-state index >= 15 is 0 Å². The molecule has 0 radical (unpaired) electrons. The van der Waals surface area contributed by atoms with E-state index in [1.165, 1.54) is 12.1 Å². The van der Waals surface area contributed by atoms with Crippen molar-refractivity contribution in [3.05, 3.63) is 71.8 Å². The highest BCUT2D eigenvalue weighted by Crippen LogP contribution is 2.14. The molecule has 0 aliphatic rings. The molecule has 0 unspecified atom stereocenters. The second-order valence-electron chi connectivity index (χ2n) is 4.08. The average Bonchev–Trinajstić information content (AvgIpc) is 2.46. The minimum Gasteiger partial charge on any atom is -0.478 e. The first kappa shape index (κ1) is 13.5. The van der Waals surface area contributed by atoms with Crippen molar-refractivity contribution in [1.82, 2.24) is 0 Å². The number of rotatable bonds is 4. The zero-order valence-electron chi connectivity index (χ0n) is 10.6. The number of nitrogens with one attached hydrogen (secondary N) is 1. The molecule has 0 saturated heterocycles. The number of para-hydroxylation sites is 1. The molecule has 0 saturated carbocycles. The maximum atomic E-state index is 11.8. The van der Waals surface area contributed by atoms with Gasteiger partial charge < -0.3 is 10.4 Å². The molecule has 2 aromatic rings. The van der Waals surface area contributed by atoms with Gasteiger partial charge in [-0.2, -0.15) is 0 Å². The van der Waals surface area contributed by atoms with Gasteiger partial charge in [-0.3, -0.25) is 4.79 Å². The molecular weight excluding hydrogens is 254 g/mol. The molecule has 2 aromatic carbocycles. The van der Waals surface area contributed by atoms with Gasteiger partial charge in [0.05, 0.1) is 11.3 Å². The highest BCUT2D eigenvalue weighted by atomic mass is 16.4. The molecule has 0 atom stereocenters. The van der Waals surface area contributed by atoms with E-state index in [0.29, 0.717) is 0 Å². The Bertz CT molecular complexity index is 648. The van der Waals surface area contributed by atoms with Gasteiger partial charge in [-0.05, 0) is 23.8 Å². The Morgan fingerprint density at radius 3 is 2.30 bits per heavy atom. The molecule has 0 fully saturated rings. The van der Waals surface area contributed by atoms with Crippen molar-refractivity contribution >= 4 is 23.6 Å². The molecule has 0 spiro atoms. The number of benzene rings is 2.